The maximum absolute atomic E-state index is 5.24. The fraction of sp³-hybridized carbons (Fsp3) is 0.467. The summed E-state index contributed by atoms with van der Waals surface area (Å²) in [6, 6.07) is 2.22. The van der Waals surface area contributed by atoms with Gasteiger partial charge in [0.1, 0.15) is 5.75 Å². The van der Waals surface area contributed by atoms with E-state index in [1.54, 1.807) is 13.3 Å². The molecule has 0 fully saturated rings. The van der Waals surface area contributed by atoms with Crippen LogP contribution in [-0.2, 0) is 13.5 Å². The number of nitrogens with zero attached hydrogens (tertiary/aromatic N) is 3. The molecule has 1 unspecified atom stereocenters. The molecular formula is C15H22N4O. The van der Waals surface area contributed by atoms with Crippen LogP contribution in [0.1, 0.15) is 28.6 Å². The van der Waals surface area contributed by atoms with E-state index in [0.29, 0.717) is 0 Å². The zero-order valence-electron chi connectivity index (χ0n) is 12.8. The molecular weight excluding hydrogens is 252 g/mol. The standard InChI is InChI=1S/C15H22N4O/c1-10-14(11(2)19(4)18-10)7-15(16-3)12-6-13(20-5)9-17-8-12/h6,8-9,15-16H,7H2,1-5H3. The number of rotatable bonds is 5. The third-order valence-electron chi connectivity index (χ3n) is 3.79. The van der Waals surface area contributed by atoms with Crippen LogP contribution in [0, 0.1) is 13.8 Å². The fourth-order valence-corrected chi connectivity index (χ4v) is 2.44. The van der Waals surface area contributed by atoms with E-state index < -0.39 is 0 Å². The number of nitrogens with one attached hydrogen (secondary N) is 1. The highest BCUT2D eigenvalue weighted by Gasteiger charge is 2.17. The molecule has 5 heteroatoms. The zero-order valence-corrected chi connectivity index (χ0v) is 12.8. The number of ether oxygens (including phenoxy) is 1. The summed E-state index contributed by atoms with van der Waals surface area (Å²) in [6.45, 7) is 4.16. The van der Waals surface area contributed by atoms with Crippen molar-refractivity contribution in [3.8, 4) is 5.75 Å². The maximum atomic E-state index is 5.24. The molecule has 2 aromatic rings. The molecule has 1 N–H and O–H groups in total. The molecule has 0 aliphatic heterocycles. The summed E-state index contributed by atoms with van der Waals surface area (Å²) in [5.41, 5.74) is 4.70. The molecule has 0 aliphatic carbocycles. The Kier molecular flexibility index (Phi) is 4.39. The van der Waals surface area contributed by atoms with Gasteiger partial charge in [-0.25, -0.2) is 0 Å². The van der Waals surface area contributed by atoms with Crippen LogP contribution in [0.2, 0.25) is 0 Å². The monoisotopic (exact) mass is 274 g/mol. The van der Waals surface area contributed by atoms with E-state index in [9.17, 15) is 0 Å². The summed E-state index contributed by atoms with van der Waals surface area (Å²) in [5, 5.41) is 7.82. The first-order chi connectivity index (χ1) is 9.56. The summed E-state index contributed by atoms with van der Waals surface area (Å²) in [7, 11) is 5.60. The molecule has 2 heterocycles. The van der Waals surface area contributed by atoms with Crippen LogP contribution in [0.25, 0.3) is 0 Å². The van der Waals surface area contributed by atoms with Crippen LogP contribution in [0.5, 0.6) is 5.75 Å². The van der Waals surface area contributed by atoms with E-state index in [1.165, 1.54) is 11.3 Å². The lowest BCUT2D eigenvalue weighted by Gasteiger charge is -2.17. The second kappa shape index (κ2) is 6.05. The molecule has 0 spiro atoms. The van der Waals surface area contributed by atoms with Gasteiger partial charge in [-0.2, -0.15) is 5.10 Å². The third-order valence-corrected chi connectivity index (χ3v) is 3.79. The molecule has 2 rings (SSSR count). The number of methoxy groups -OCH3 is 1. The molecule has 1 atom stereocenters. The molecule has 5 nitrogen and oxygen atoms in total. The van der Waals surface area contributed by atoms with Gasteiger partial charge in [0.05, 0.1) is 19.0 Å². The summed E-state index contributed by atoms with van der Waals surface area (Å²) < 4.78 is 7.18. The molecule has 108 valence electrons. The van der Waals surface area contributed by atoms with Gasteiger partial charge in [-0.15, -0.1) is 0 Å². The van der Waals surface area contributed by atoms with Crippen LogP contribution in [0.4, 0.5) is 0 Å². The van der Waals surface area contributed by atoms with Crippen LogP contribution < -0.4 is 10.1 Å². The highest BCUT2D eigenvalue weighted by molar-refractivity contribution is 5.30. The second-order valence-electron chi connectivity index (χ2n) is 4.98. The number of likely N-dealkylation sites (N-methyl/N-ethyl adjacent to an activating group) is 1. The summed E-state index contributed by atoms with van der Waals surface area (Å²) >= 11 is 0. The summed E-state index contributed by atoms with van der Waals surface area (Å²) in [5.74, 6) is 0.780. The first-order valence-electron chi connectivity index (χ1n) is 6.72. The van der Waals surface area contributed by atoms with Gasteiger partial charge >= 0.3 is 0 Å². The van der Waals surface area contributed by atoms with Gasteiger partial charge in [0, 0.05) is 25.0 Å². The highest BCUT2D eigenvalue weighted by atomic mass is 16.5. The Balaban J connectivity index is 2.28. The van der Waals surface area contributed by atoms with Crippen molar-refractivity contribution in [2.24, 2.45) is 7.05 Å². The molecule has 0 bridgehead atoms. The van der Waals surface area contributed by atoms with Gasteiger partial charge in [-0.1, -0.05) is 0 Å². The van der Waals surface area contributed by atoms with Crippen molar-refractivity contribution in [3.63, 3.8) is 0 Å². The quantitative estimate of drug-likeness (QED) is 0.905. The van der Waals surface area contributed by atoms with Gasteiger partial charge in [-0.05, 0) is 44.5 Å². The van der Waals surface area contributed by atoms with Crippen LogP contribution in [0.15, 0.2) is 18.5 Å². The predicted molar refractivity (Wildman–Crippen MR) is 79.0 cm³/mol. The minimum atomic E-state index is 0.194. The van der Waals surface area contributed by atoms with E-state index >= 15 is 0 Å². The normalized spacial score (nSPS) is 12.4. The number of aryl methyl sites for hydroxylation is 2. The Labute approximate surface area is 120 Å². The van der Waals surface area contributed by atoms with Crippen molar-refractivity contribution in [2.45, 2.75) is 26.3 Å². The van der Waals surface area contributed by atoms with Crippen molar-refractivity contribution in [2.75, 3.05) is 14.2 Å². The van der Waals surface area contributed by atoms with E-state index in [1.807, 2.05) is 31.0 Å². The third kappa shape index (κ3) is 2.82. The number of hydrogen-bond acceptors (Lipinski definition) is 4. The van der Waals surface area contributed by atoms with Crippen molar-refractivity contribution in [3.05, 3.63) is 41.0 Å². The van der Waals surface area contributed by atoms with E-state index in [0.717, 1.165) is 23.4 Å². The fourth-order valence-electron chi connectivity index (χ4n) is 2.44. The van der Waals surface area contributed by atoms with Gasteiger partial charge in [0.15, 0.2) is 0 Å². The van der Waals surface area contributed by atoms with Gasteiger partial charge in [-0.3, -0.25) is 9.67 Å². The van der Waals surface area contributed by atoms with Crippen molar-refractivity contribution in [1.29, 1.82) is 0 Å². The minimum Gasteiger partial charge on any atom is -0.495 e. The predicted octanol–water partition coefficient (Wildman–Crippen LogP) is 1.94. The first-order valence-corrected chi connectivity index (χ1v) is 6.72. The lowest BCUT2D eigenvalue weighted by atomic mass is 9.99. The highest BCUT2D eigenvalue weighted by Crippen LogP contribution is 2.24. The Morgan fingerprint density at radius 3 is 2.65 bits per heavy atom. The molecule has 20 heavy (non-hydrogen) atoms. The molecule has 0 radical (unpaired) electrons. The largest absolute Gasteiger partial charge is 0.495 e. The minimum absolute atomic E-state index is 0.194. The zero-order chi connectivity index (χ0) is 14.7. The average Bonchev–Trinajstić information content (AvgIpc) is 2.70. The average molecular weight is 274 g/mol. The Bertz CT molecular complexity index is 592. The number of aromatic nitrogens is 3. The van der Waals surface area contributed by atoms with Crippen LogP contribution in [0.3, 0.4) is 0 Å². The molecule has 0 aromatic carbocycles. The number of pyridine rings is 1. The van der Waals surface area contributed by atoms with Crippen molar-refractivity contribution in [1.82, 2.24) is 20.1 Å². The molecule has 0 saturated heterocycles. The molecule has 2 aromatic heterocycles. The van der Waals surface area contributed by atoms with Crippen molar-refractivity contribution >= 4 is 0 Å². The van der Waals surface area contributed by atoms with Gasteiger partial charge < -0.3 is 10.1 Å². The molecule has 0 amide bonds. The Morgan fingerprint density at radius 1 is 1.35 bits per heavy atom. The van der Waals surface area contributed by atoms with Crippen molar-refractivity contribution < 1.29 is 4.74 Å². The Hall–Kier alpha value is -1.88. The van der Waals surface area contributed by atoms with Gasteiger partial charge in [0.2, 0.25) is 0 Å². The SMILES string of the molecule is CNC(Cc1c(C)nn(C)c1C)c1cncc(OC)c1. The van der Waals surface area contributed by atoms with E-state index in [4.69, 9.17) is 4.74 Å². The maximum Gasteiger partial charge on any atom is 0.137 e. The Morgan fingerprint density at radius 2 is 2.10 bits per heavy atom. The van der Waals surface area contributed by atoms with E-state index in [2.05, 4.69) is 29.2 Å². The second-order valence-corrected chi connectivity index (χ2v) is 4.98. The van der Waals surface area contributed by atoms with E-state index in [-0.39, 0.29) is 6.04 Å². The lowest BCUT2D eigenvalue weighted by molar-refractivity contribution is 0.411. The van der Waals surface area contributed by atoms with Crippen LogP contribution in [-0.4, -0.2) is 28.9 Å². The molecule has 0 saturated carbocycles. The first kappa shape index (κ1) is 14.5. The topological polar surface area (TPSA) is 52.0 Å². The summed E-state index contributed by atoms with van der Waals surface area (Å²) in [4.78, 5) is 4.23. The smallest absolute Gasteiger partial charge is 0.137 e. The lowest BCUT2D eigenvalue weighted by Crippen LogP contribution is -2.19. The number of hydrogen-bond donors (Lipinski definition) is 1. The summed E-state index contributed by atoms with van der Waals surface area (Å²) in [6.07, 6.45) is 4.48. The van der Waals surface area contributed by atoms with Gasteiger partial charge in [0.25, 0.3) is 0 Å². The molecule has 0 aliphatic rings. The van der Waals surface area contributed by atoms with Crippen LogP contribution >= 0.6 is 0 Å².